The van der Waals surface area contributed by atoms with E-state index in [1.54, 1.807) is 0 Å². The zero-order chi connectivity index (χ0) is 7.98. The van der Waals surface area contributed by atoms with E-state index in [1.165, 1.54) is 0 Å². The number of nitriles is 1. The van der Waals surface area contributed by atoms with Gasteiger partial charge in [0, 0.05) is 0 Å². The van der Waals surface area contributed by atoms with Crippen molar-refractivity contribution < 1.29 is 0 Å². The lowest BCUT2D eigenvalue weighted by Crippen LogP contribution is -2.31. The molecule has 2 nitrogen and oxygen atoms in total. The van der Waals surface area contributed by atoms with Crippen LogP contribution in [0.4, 0.5) is 0 Å². The highest BCUT2D eigenvalue weighted by Crippen LogP contribution is 2.11. The van der Waals surface area contributed by atoms with Gasteiger partial charge in [0.15, 0.2) is 0 Å². The van der Waals surface area contributed by atoms with Crippen LogP contribution in [-0.2, 0) is 0 Å². The molecule has 0 bridgehead atoms. The summed E-state index contributed by atoms with van der Waals surface area (Å²) in [5.41, 5.74) is 0. The van der Waals surface area contributed by atoms with Gasteiger partial charge >= 0.3 is 0 Å². The van der Waals surface area contributed by atoms with Crippen molar-refractivity contribution >= 4 is 0 Å². The summed E-state index contributed by atoms with van der Waals surface area (Å²) in [6, 6.07) is 2.28. The maximum atomic E-state index is 8.65. The van der Waals surface area contributed by atoms with Crippen LogP contribution in [0, 0.1) is 17.2 Å². The maximum Gasteiger partial charge on any atom is 0.0978 e. The van der Waals surface area contributed by atoms with Gasteiger partial charge in [-0.3, -0.25) is 0 Å². The summed E-state index contributed by atoms with van der Waals surface area (Å²) in [6.07, 6.45) is 2.16. The van der Waals surface area contributed by atoms with Crippen LogP contribution in [0.2, 0.25) is 0 Å². The fourth-order valence-corrected chi connectivity index (χ4v) is 1.17. The van der Waals surface area contributed by atoms with Crippen LogP contribution in [0.5, 0.6) is 0 Å². The Morgan fingerprint density at radius 3 is 2.00 bits per heavy atom. The largest absolute Gasteiger partial charge is 0.305 e. The molecule has 0 fully saturated rings. The zero-order valence-corrected chi connectivity index (χ0v) is 7.02. The molecule has 0 aromatic carbocycles. The van der Waals surface area contributed by atoms with E-state index < -0.39 is 0 Å². The molecule has 0 rings (SSSR count). The van der Waals surface area contributed by atoms with Gasteiger partial charge in [-0.2, -0.15) is 5.26 Å². The molecule has 0 aromatic rings. The SMILES string of the molecule is CCC(CC)C(C#N)NC. The molecular formula is C8H16N2. The van der Waals surface area contributed by atoms with Crippen LogP contribution < -0.4 is 5.32 Å². The molecule has 0 aliphatic heterocycles. The minimum Gasteiger partial charge on any atom is -0.305 e. The standard InChI is InChI=1S/C8H16N2/c1-4-7(5-2)8(6-9)10-3/h7-8,10H,4-5H2,1-3H3. The molecule has 0 radical (unpaired) electrons. The van der Waals surface area contributed by atoms with Gasteiger partial charge in [-0.15, -0.1) is 0 Å². The van der Waals surface area contributed by atoms with Crippen LogP contribution in [0.25, 0.3) is 0 Å². The third-order valence-electron chi connectivity index (χ3n) is 1.97. The highest BCUT2D eigenvalue weighted by Gasteiger charge is 2.14. The summed E-state index contributed by atoms with van der Waals surface area (Å²) in [7, 11) is 1.84. The van der Waals surface area contributed by atoms with E-state index in [0.717, 1.165) is 12.8 Å². The summed E-state index contributed by atoms with van der Waals surface area (Å²) < 4.78 is 0. The molecule has 0 saturated carbocycles. The number of rotatable bonds is 4. The average Bonchev–Trinajstić information content (AvgIpc) is 2.00. The Morgan fingerprint density at radius 1 is 1.40 bits per heavy atom. The normalized spacial score (nSPS) is 13.1. The minimum absolute atomic E-state index is 0.0370. The van der Waals surface area contributed by atoms with E-state index in [1.807, 2.05) is 7.05 Å². The van der Waals surface area contributed by atoms with Gasteiger partial charge in [0.2, 0.25) is 0 Å². The van der Waals surface area contributed by atoms with Crippen LogP contribution in [0.1, 0.15) is 26.7 Å². The van der Waals surface area contributed by atoms with Crippen molar-refractivity contribution in [2.45, 2.75) is 32.7 Å². The molecule has 0 heterocycles. The van der Waals surface area contributed by atoms with Crippen LogP contribution in [0.3, 0.4) is 0 Å². The second kappa shape index (κ2) is 5.25. The van der Waals surface area contributed by atoms with Gasteiger partial charge in [-0.25, -0.2) is 0 Å². The Bertz CT molecular complexity index is 111. The van der Waals surface area contributed by atoms with Crippen LogP contribution in [-0.4, -0.2) is 13.1 Å². The van der Waals surface area contributed by atoms with Gasteiger partial charge in [0.05, 0.1) is 12.1 Å². The third kappa shape index (κ3) is 2.36. The van der Waals surface area contributed by atoms with Crippen molar-refractivity contribution in [1.29, 1.82) is 5.26 Å². The summed E-state index contributed by atoms with van der Waals surface area (Å²) >= 11 is 0. The first-order valence-electron chi connectivity index (χ1n) is 3.87. The molecule has 0 amide bonds. The Balaban J connectivity index is 3.85. The molecule has 1 atom stereocenters. The quantitative estimate of drug-likeness (QED) is 0.643. The Kier molecular flexibility index (Phi) is 4.96. The van der Waals surface area contributed by atoms with E-state index in [9.17, 15) is 0 Å². The fraction of sp³-hybridized carbons (Fsp3) is 0.875. The highest BCUT2D eigenvalue weighted by molar-refractivity contribution is 4.92. The molecule has 2 heteroatoms. The molecular weight excluding hydrogens is 124 g/mol. The summed E-state index contributed by atoms with van der Waals surface area (Å²) in [5.74, 6) is 0.509. The first-order chi connectivity index (χ1) is 4.79. The molecule has 0 saturated heterocycles. The van der Waals surface area contributed by atoms with E-state index >= 15 is 0 Å². The molecule has 1 N–H and O–H groups in total. The summed E-state index contributed by atoms with van der Waals surface area (Å²) in [6.45, 7) is 4.24. The molecule has 1 unspecified atom stereocenters. The van der Waals surface area contributed by atoms with E-state index in [-0.39, 0.29) is 6.04 Å². The van der Waals surface area contributed by atoms with Crippen molar-refractivity contribution in [1.82, 2.24) is 5.32 Å². The van der Waals surface area contributed by atoms with Gasteiger partial charge in [-0.05, 0) is 13.0 Å². The number of nitrogens with zero attached hydrogens (tertiary/aromatic N) is 1. The predicted octanol–water partition coefficient (Wildman–Crippen LogP) is 1.53. The molecule has 0 spiro atoms. The molecule has 0 aromatic heterocycles. The second-order valence-electron chi connectivity index (χ2n) is 2.47. The highest BCUT2D eigenvalue weighted by atomic mass is 14.9. The lowest BCUT2D eigenvalue weighted by atomic mass is 9.95. The van der Waals surface area contributed by atoms with Gasteiger partial charge in [-0.1, -0.05) is 26.7 Å². The summed E-state index contributed by atoms with van der Waals surface area (Å²) in [5, 5.41) is 11.6. The van der Waals surface area contributed by atoms with Crippen molar-refractivity contribution in [3.8, 4) is 6.07 Å². The number of hydrogen-bond donors (Lipinski definition) is 1. The zero-order valence-electron chi connectivity index (χ0n) is 7.02. The predicted molar refractivity (Wildman–Crippen MR) is 42.5 cm³/mol. The van der Waals surface area contributed by atoms with Crippen molar-refractivity contribution in [2.24, 2.45) is 5.92 Å². The second-order valence-corrected chi connectivity index (χ2v) is 2.47. The smallest absolute Gasteiger partial charge is 0.0978 e. The first kappa shape index (κ1) is 9.45. The summed E-state index contributed by atoms with van der Waals surface area (Å²) in [4.78, 5) is 0. The van der Waals surface area contributed by atoms with Gasteiger partial charge < -0.3 is 5.32 Å². The van der Waals surface area contributed by atoms with E-state index in [2.05, 4.69) is 25.2 Å². The molecule has 10 heavy (non-hydrogen) atoms. The molecule has 58 valence electrons. The van der Waals surface area contributed by atoms with Gasteiger partial charge in [0.1, 0.15) is 0 Å². The average molecular weight is 140 g/mol. The Labute approximate surface area is 63.2 Å². The van der Waals surface area contributed by atoms with Crippen molar-refractivity contribution in [3.63, 3.8) is 0 Å². The van der Waals surface area contributed by atoms with Crippen LogP contribution >= 0.6 is 0 Å². The molecule has 0 aliphatic carbocycles. The number of nitrogens with one attached hydrogen (secondary N) is 1. The first-order valence-corrected chi connectivity index (χ1v) is 3.87. The minimum atomic E-state index is 0.0370. The monoisotopic (exact) mass is 140 g/mol. The van der Waals surface area contributed by atoms with E-state index in [0.29, 0.717) is 5.92 Å². The van der Waals surface area contributed by atoms with Crippen molar-refractivity contribution in [2.75, 3.05) is 7.05 Å². The third-order valence-corrected chi connectivity index (χ3v) is 1.97. The Morgan fingerprint density at radius 2 is 1.90 bits per heavy atom. The lowest BCUT2D eigenvalue weighted by Gasteiger charge is -2.17. The van der Waals surface area contributed by atoms with Crippen LogP contribution in [0.15, 0.2) is 0 Å². The lowest BCUT2D eigenvalue weighted by molar-refractivity contribution is 0.409. The van der Waals surface area contributed by atoms with Gasteiger partial charge in [0.25, 0.3) is 0 Å². The molecule has 0 aliphatic rings. The fourth-order valence-electron chi connectivity index (χ4n) is 1.17. The van der Waals surface area contributed by atoms with Crippen molar-refractivity contribution in [3.05, 3.63) is 0 Å². The van der Waals surface area contributed by atoms with E-state index in [4.69, 9.17) is 5.26 Å². The topological polar surface area (TPSA) is 35.8 Å². The maximum absolute atomic E-state index is 8.65. The Hall–Kier alpha value is -0.550. The number of hydrogen-bond acceptors (Lipinski definition) is 2.